The number of aldehydes is 1. The summed E-state index contributed by atoms with van der Waals surface area (Å²) in [7, 11) is 0. The Hall–Kier alpha value is -3.14. The lowest BCUT2D eigenvalue weighted by Gasteiger charge is -2.07. The van der Waals surface area contributed by atoms with Crippen molar-refractivity contribution in [3.63, 3.8) is 0 Å². The van der Waals surface area contributed by atoms with Crippen LogP contribution in [0.15, 0.2) is 66.7 Å². The van der Waals surface area contributed by atoms with Crippen LogP contribution in [-0.2, 0) is 11.3 Å². The Bertz CT molecular complexity index is 840. The molecular formula is C19H14O4. The van der Waals surface area contributed by atoms with Crippen LogP contribution in [0.2, 0.25) is 0 Å². The molecule has 0 aliphatic heterocycles. The Morgan fingerprint density at radius 2 is 1.78 bits per heavy atom. The zero-order valence-corrected chi connectivity index (χ0v) is 12.3. The minimum atomic E-state index is -0.781. The Kier molecular flexibility index (Phi) is 4.34. The van der Waals surface area contributed by atoms with Crippen LogP contribution in [0.4, 0.5) is 4.79 Å². The minimum Gasteiger partial charge on any atom is -0.429 e. The summed E-state index contributed by atoms with van der Waals surface area (Å²) < 4.78 is 10.2. The zero-order valence-electron chi connectivity index (χ0n) is 12.3. The molecular weight excluding hydrogens is 292 g/mol. The molecule has 4 heteroatoms. The van der Waals surface area contributed by atoms with Crippen molar-refractivity contribution < 1.29 is 19.1 Å². The van der Waals surface area contributed by atoms with Crippen LogP contribution in [0.1, 0.15) is 15.9 Å². The SMILES string of the molecule is O=Cc1cccc2ccc(OC(=O)OCc3ccccc3)cc12. The Balaban J connectivity index is 1.71. The number of hydrogen-bond acceptors (Lipinski definition) is 4. The Morgan fingerprint density at radius 1 is 0.957 bits per heavy atom. The van der Waals surface area contributed by atoms with Gasteiger partial charge < -0.3 is 9.47 Å². The molecule has 0 aliphatic carbocycles. The first-order chi connectivity index (χ1) is 11.3. The molecule has 3 aromatic carbocycles. The van der Waals surface area contributed by atoms with Gasteiger partial charge in [0.1, 0.15) is 12.4 Å². The third-order valence-corrected chi connectivity index (χ3v) is 3.41. The maximum Gasteiger partial charge on any atom is 0.514 e. The van der Waals surface area contributed by atoms with E-state index in [1.54, 1.807) is 30.3 Å². The quantitative estimate of drug-likeness (QED) is 0.408. The van der Waals surface area contributed by atoms with E-state index in [0.717, 1.165) is 22.6 Å². The first-order valence-electron chi connectivity index (χ1n) is 7.13. The molecule has 0 amide bonds. The summed E-state index contributed by atoms with van der Waals surface area (Å²) in [4.78, 5) is 22.8. The van der Waals surface area contributed by atoms with Gasteiger partial charge in [0.15, 0.2) is 6.29 Å². The van der Waals surface area contributed by atoms with Gasteiger partial charge in [-0.05, 0) is 28.5 Å². The van der Waals surface area contributed by atoms with Crippen molar-refractivity contribution in [1.29, 1.82) is 0 Å². The standard InChI is InChI=1S/C19H14O4/c20-12-16-8-4-7-15-9-10-17(11-18(15)16)23-19(21)22-13-14-5-2-1-3-6-14/h1-12H,13H2. The average Bonchev–Trinajstić information content (AvgIpc) is 2.60. The fourth-order valence-corrected chi connectivity index (χ4v) is 2.28. The van der Waals surface area contributed by atoms with E-state index in [2.05, 4.69) is 0 Å². The van der Waals surface area contributed by atoms with Gasteiger partial charge in [-0.15, -0.1) is 0 Å². The largest absolute Gasteiger partial charge is 0.514 e. The summed E-state index contributed by atoms with van der Waals surface area (Å²) in [5, 5.41) is 1.63. The van der Waals surface area contributed by atoms with Gasteiger partial charge in [-0.1, -0.05) is 54.6 Å². The highest BCUT2D eigenvalue weighted by atomic mass is 16.7. The second-order valence-electron chi connectivity index (χ2n) is 4.97. The Morgan fingerprint density at radius 3 is 2.57 bits per heavy atom. The number of ether oxygens (including phenoxy) is 2. The highest BCUT2D eigenvalue weighted by Crippen LogP contribution is 2.23. The summed E-state index contributed by atoms with van der Waals surface area (Å²) >= 11 is 0. The van der Waals surface area contributed by atoms with E-state index in [0.29, 0.717) is 11.3 Å². The fourth-order valence-electron chi connectivity index (χ4n) is 2.28. The lowest BCUT2D eigenvalue weighted by Crippen LogP contribution is -2.10. The molecule has 0 saturated carbocycles. The number of fused-ring (bicyclic) bond motifs is 1. The van der Waals surface area contributed by atoms with E-state index < -0.39 is 6.16 Å². The summed E-state index contributed by atoms with van der Waals surface area (Å²) in [5.74, 6) is 0.338. The van der Waals surface area contributed by atoms with Crippen molar-refractivity contribution in [2.75, 3.05) is 0 Å². The molecule has 3 aromatic rings. The van der Waals surface area contributed by atoms with E-state index in [4.69, 9.17) is 9.47 Å². The zero-order chi connectivity index (χ0) is 16.1. The molecule has 114 valence electrons. The van der Waals surface area contributed by atoms with E-state index >= 15 is 0 Å². The van der Waals surface area contributed by atoms with E-state index in [1.165, 1.54) is 0 Å². The maximum atomic E-state index is 11.8. The van der Waals surface area contributed by atoms with Crippen LogP contribution in [0, 0.1) is 0 Å². The lowest BCUT2D eigenvalue weighted by molar-refractivity contribution is 0.0928. The molecule has 0 aliphatic rings. The molecule has 0 unspecified atom stereocenters. The number of hydrogen-bond donors (Lipinski definition) is 0. The van der Waals surface area contributed by atoms with E-state index in [9.17, 15) is 9.59 Å². The minimum absolute atomic E-state index is 0.146. The normalized spacial score (nSPS) is 10.3. The van der Waals surface area contributed by atoms with Crippen molar-refractivity contribution in [3.05, 3.63) is 77.9 Å². The van der Waals surface area contributed by atoms with Crippen molar-refractivity contribution in [2.24, 2.45) is 0 Å². The van der Waals surface area contributed by atoms with Gasteiger partial charge in [0, 0.05) is 5.56 Å². The first-order valence-corrected chi connectivity index (χ1v) is 7.13. The molecule has 0 bridgehead atoms. The molecule has 0 radical (unpaired) electrons. The molecule has 0 saturated heterocycles. The third-order valence-electron chi connectivity index (χ3n) is 3.41. The number of carbonyl (C=O) groups excluding carboxylic acids is 2. The highest BCUT2D eigenvalue weighted by molar-refractivity contribution is 5.98. The van der Waals surface area contributed by atoms with Gasteiger partial charge in [0.25, 0.3) is 0 Å². The van der Waals surface area contributed by atoms with Crippen LogP contribution in [0.5, 0.6) is 5.75 Å². The third kappa shape index (κ3) is 3.55. The van der Waals surface area contributed by atoms with Crippen molar-refractivity contribution in [1.82, 2.24) is 0 Å². The van der Waals surface area contributed by atoms with Gasteiger partial charge in [0.2, 0.25) is 0 Å². The van der Waals surface area contributed by atoms with E-state index in [-0.39, 0.29) is 6.61 Å². The van der Waals surface area contributed by atoms with Crippen LogP contribution >= 0.6 is 0 Å². The van der Waals surface area contributed by atoms with Gasteiger partial charge in [0.05, 0.1) is 0 Å². The monoisotopic (exact) mass is 306 g/mol. The summed E-state index contributed by atoms with van der Waals surface area (Å²) in [5.41, 5.74) is 1.43. The fraction of sp³-hybridized carbons (Fsp3) is 0.0526. The lowest BCUT2D eigenvalue weighted by atomic mass is 10.1. The number of carbonyl (C=O) groups is 2. The summed E-state index contributed by atoms with van der Waals surface area (Å²) in [6.07, 6.45) is -0.00314. The molecule has 0 atom stereocenters. The van der Waals surface area contributed by atoms with Crippen LogP contribution in [0.25, 0.3) is 10.8 Å². The summed E-state index contributed by atoms with van der Waals surface area (Å²) in [6, 6.07) is 19.9. The molecule has 3 rings (SSSR count). The molecule has 0 spiro atoms. The molecule has 0 N–H and O–H groups in total. The van der Waals surface area contributed by atoms with Gasteiger partial charge in [-0.2, -0.15) is 0 Å². The first kappa shape index (κ1) is 14.8. The highest BCUT2D eigenvalue weighted by Gasteiger charge is 2.08. The summed E-state index contributed by atoms with van der Waals surface area (Å²) in [6.45, 7) is 0.146. The van der Waals surface area contributed by atoms with Gasteiger partial charge >= 0.3 is 6.16 Å². The molecule has 23 heavy (non-hydrogen) atoms. The molecule has 0 fully saturated rings. The van der Waals surface area contributed by atoms with E-state index in [1.807, 2.05) is 36.4 Å². The molecule has 4 nitrogen and oxygen atoms in total. The average molecular weight is 306 g/mol. The van der Waals surface area contributed by atoms with Gasteiger partial charge in [-0.3, -0.25) is 4.79 Å². The van der Waals surface area contributed by atoms with Crippen molar-refractivity contribution in [2.45, 2.75) is 6.61 Å². The Labute approximate surface area is 133 Å². The van der Waals surface area contributed by atoms with Crippen LogP contribution < -0.4 is 4.74 Å². The number of benzene rings is 3. The van der Waals surface area contributed by atoms with Crippen LogP contribution in [0.3, 0.4) is 0 Å². The van der Waals surface area contributed by atoms with Crippen LogP contribution in [-0.4, -0.2) is 12.4 Å². The molecule has 0 aromatic heterocycles. The maximum absolute atomic E-state index is 11.8. The van der Waals surface area contributed by atoms with Crippen molar-refractivity contribution in [3.8, 4) is 5.75 Å². The second-order valence-corrected chi connectivity index (χ2v) is 4.97. The topological polar surface area (TPSA) is 52.6 Å². The predicted octanol–water partition coefficient (Wildman–Crippen LogP) is 4.37. The smallest absolute Gasteiger partial charge is 0.429 e. The number of rotatable bonds is 4. The predicted molar refractivity (Wildman–Crippen MR) is 86.6 cm³/mol. The van der Waals surface area contributed by atoms with Crippen molar-refractivity contribution >= 4 is 23.2 Å². The second kappa shape index (κ2) is 6.75. The molecule has 0 heterocycles. The van der Waals surface area contributed by atoms with Gasteiger partial charge in [-0.25, -0.2) is 4.79 Å².